The van der Waals surface area contributed by atoms with Crippen LogP contribution in [-0.2, 0) is 19.1 Å². The molecule has 9 heteroatoms. The van der Waals surface area contributed by atoms with E-state index in [1.54, 1.807) is 25.1 Å². The van der Waals surface area contributed by atoms with Crippen molar-refractivity contribution >= 4 is 35.0 Å². The number of hydrogen-bond donors (Lipinski definition) is 1. The lowest BCUT2D eigenvalue weighted by molar-refractivity contribution is -0.154. The Morgan fingerprint density at radius 1 is 1.27 bits per heavy atom. The van der Waals surface area contributed by atoms with Crippen LogP contribution in [0.5, 0.6) is 0 Å². The van der Waals surface area contributed by atoms with Gasteiger partial charge >= 0.3 is 5.97 Å². The first-order valence-electron chi connectivity index (χ1n) is 8.34. The Labute approximate surface area is 156 Å². The van der Waals surface area contributed by atoms with Crippen LogP contribution in [0.25, 0.3) is 0 Å². The van der Waals surface area contributed by atoms with E-state index in [2.05, 4.69) is 5.32 Å². The summed E-state index contributed by atoms with van der Waals surface area (Å²) < 4.78 is 5.03. The highest BCUT2D eigenvalue weighted by Gasteiger charge is 2.29. The smallest absolute Gasteiger partial charge is 0.309 e. The summed E-state index contributed by atoms with van der Waals surface area (Å²) in [5.41, 5.74) is 0. The number of carbonyl (C=O) groups is 4. The summed E-state index contributed by atoms with van der Waals surface area (Å²) in [5.74, 6) is -1.54. The second kappa shape index (κ2) is 9.33. The Morgan fingerprint density at radius 2 is 1.96 bits per heavy atom. The number of carbonyl (C=O) groups excluding carboxylic acids is 4. The Morgan fingerprint density at radius 3 is 2.54 bits per heavy atom. The van der Waals surface area contributed by atoms with E-state index in [9.17, 15) is 19.2 Å². The van der Waals surface area contributed by atoms with Crippen molar-refractivity contribution in [3.8, 4) is 0 Å². The molecule has 1 aromatic heterocycles. The fraction of sp³-hybridized carbons (Fsp3) is 0.529. The van der Waals surface area contributed by atoms with E-state index in [0.717, 1.165) is 0 Å². The zero-order valence-corrected chi connectivity index (χ0v) is 15.7. The van der Waals surface area contributed by atoms with Gasteiger partial charge in [0.1, 0.15) is 0 Å². The van der Waals surface area contributed by atoms with Crippen LogP contribution in [-0.4, -0.2) is 73.8 Å². The average molecular weight is 381 g/mol. The van der Waals surface area contributed by atoms with Crippen molar-refractivity contribution in [2.45, 2.75) is 12.8 Å². The first-order valence-corrected chi connectivity index (χ1v) is 9.22. The lowest BCUT2D eigenvalue weighted by atomic mass is 9.97. The van der Waals surface area contributed by atoms with E-state index in [4.69, 9.17) is 4.74 Å². The molecule has 2 heterocycles. The van der Waals surface area contributed by atoms with Crippen molar-refractivity contribution in [1.82, 2.24) is 15.1 Å². The second-order valence-corrected chi connectivity index (χ2v) is 7.16. The number of thiophene rings is 1. The second-order valence-electron chi connectivity index (χ2n) is 6.22. The minimum atomic E-state index is -0.515. The standard InChI is InChI=1S/C17H23N3O5S/c1-19(2)15(22)10-18-14(21)11-25-17(24)12-5-7-20(8-6-12)16(23)13-4-3-9-26-13/h3-4,9,12H,5-8,10-11H2,1-2H3,(H,18,21). The van der Waals surface area contributed by atoms with Gasteiger partial charge in [0.2, 0.25) is 5.91 Å². The zero-order chi connectivity index (χ0) is 19.1. The van der Waals surface area contributed by atoms with E-state index in [0.29, 0.717) is 30.8 Å². The topological polar surface area (TPSA) is 96.0 Å². The number of likely N-dealkylation sites (tertiary alicyclic amines) is 1. The maximum absolute atomic E-state index is 12.3. The Hall–Kier alpha value is -2.42. The fourth-order valence-electron chi connectivity index (χ4n) is 2.51. The number of piperidine rings is 1. The molecule has 0 aromatic carbocycles. The maximum atomic E-state index is 12.3. The number of likely N-dealkylation sites (N-methyl/N-ethyl adjacent to an activating group) is 1. The van der Waals surface area contributed by atoms with Gasteiger partial charge in [-0.2, -0.15) is 0 Å². The van der Waals surface area contributed by atoms with Gasteiger partial charge < -0.3 is 19.9 Å². The molecule has 0 saturated carbocycles. The molecule has 26 heavy (non-hydrogen) atoms. The van der Waals surface area contributed by atoms with Crippen LogP contribution < -0.4 is 5.32 Å². The number of nitrogens with one attached hydrogen (secondary N) is 1. The van der Waals surface area contributed by atoms with Gasteiger partial charge in [0.25, 0.3) is 11.8 Å². The molecule has 1 aliphatic heterocycles. The number of hydrogen-bond acceptors (Lipinski definition) is 6. The predicted molar refractivity (Wildman–Crippen MR) is 95.6 cm³/mol. The fourth-order valence-corrected chi connectivity index (χ4v) is 3.20. The number of nitrogens with zero attached hydrogens (tertiary/aromatic N) is 2. The SMILES string of the molecule is CN(C)C(=O)CNC(=O)COC(=O)C1CCN(C(=O)c2cccs2)CC1. The minimum Gasteiger partial charge on any atom is -0.455 e. The summed E-state index contributed by atoms with van der Waals surface area (Å²) >= 11 is 1.40. The van der Waals surface area contributed by atoms with Gasteiger partial charge in [-0.25, -0.2) is 0 Å². The van der Waals surface area contributed by atoms with Gasteiger partial charge in [0, 0.05) is 27.2 Å². The first kappa shape index (κ1) is 19.9. The maximum Gasteiger partial charge on any atom is 0.309 e. The summed E-state index contributed by atoms with van der Waals surface area (Å²) in [6.45, 7) is 0.431. The van der Waals surface area contributed by atoms with E-state index < -0.39 is 18.5 Å². The van der Waals surface area contributed by atoms with Crippen molar-refractivity contribution in [1.29, 1.82) is 0 Å². The Balaban J connectivity index is 1.69. The van der Waals surface area contributed by atoms with Gasteiger partial charge in [-0.15, -0.1) is 11.3 Å². The highest BCUT2D eigenvalue weighted by molar-refractivity contribution is 7.12. The van der Waals surface area contributed by atoms with Crippen molar-refractivity contribution in [3.63, 3.8) is 0 Å². The third-order valence-electron chi connectivity index (χ3n) is 4.13. The summed E-state index contributed by atoms with van der Waals surface area (Å²) in [6.07, 6.45) is 1.02. The minimum absolute atomic E-state index is 0.0169. The van der Waals surface area contributed by atoms with Gasteiger partial charge in [0.15, 0.2) is 6.61 Å². The van der Waals surface area contributed by atoms with E-state index >= 15 is 0 Å². The molecule has 0 bridgehead atoms. The van der Waals surface area contributed by atoms with Gasteiger partial charge in [-0.3, -0.25) is 19.2 Å². The first-order chi connectivity index (χ1) is 12.4. The quantitative estimate of drug-likeness (QED) is 0.717. The van der Waals surface area contributed by atoms with Crippen LogP contribution in [0.15, 0.2) is 17.5 Å². The molecule has 3 amide bonds. The molecule has 1 saturated heterocycles. The molecule has 0 spiro atoms. The molecule has 8 nitrogen and oxygen atoms in total. The third-order valence-corrected chi connectivity index (χ3v) is 4.99. The molecule has 1 aromatic rings. The van der Waals surface area contributed by atoms with E-state index in [1.165, 1.54) is 16.2 Å². The number of esters is 1. The zero-order valence-electron chi connectivity index (χ0n) is 14.9. The summed E-state index contributed by atoms with van der Waals surface area (Å²) in [7, 11) is 3.17. The van der Waals surface area contributed by atoms with Crippen LogP contribution in [0.2, 0.25) is 0 Å². The summed E-state index contributed by atoms with van der Waals surface area (Å²) in [5, 5.41) is 4.26. The van der Waals surface area contributed by atoms with Crippen LogP contribution in [0.4, 0.5) is 0 Å². The summed E-state index contributed by atoms with van der Waals surface area (Å²) in [4.78, 5) is 51.1. The normalized spacial score (nSPS) is 14.6. The van der Waals surface area contributed by atoms with Gasteiger partial charge in [-0.1, -0.05) is 6.07 Å². The van der Waals surface area contributed by atoms with E-state index in [1.807, 2.05) is 11.4 Å². The molecule has 1 fully saturated rings. The van der Waals surface area contributed by atoms with Crippen LogP contribution in [0.1, 0.15) is 22.5 Å². The van der Waals surface area contributed by atoms with Crippen molar-refractivity contribution in [2.24, 2.45) is 5.92 Å². The molecule has 0 aliphatic carbocycles. The summed E-state index contributed by atoms with van der Waals surface area (Å²) in [6, 6.07) is 3.62. The lowest BCUT2D eigenvalue weighted by Crippen LogP contribution is -2.41. The van der Waals surface area contributed by atoms with Gasteiger partial charge in [0.05, 0.1) is 17.3 Å². The molecule has 0 radical (unpaired) electrons. The van der Waals surface area contributed by atoms with Crippen molar-refractivity contribution < 1.29 is 23.9 Å². The molecule has 142 valence electrons. The number of ether oxygens (including phenoxy) is 1. The molecular weight excluding hydrogens is 358 g/mol. The number of amides is 3. The molecule has 0 atom stereocenters. The van der Waals surface area contributed by atoms with Gasteiger partial charge in [-0.05, 0) is 24.3 Å². The molecule has 1 N–H and O–H groups in total. The third kappa shape index (κ3) is 5.55. The average Bonchev–Trinajstić information content (AvgIpc) is 3.18. The Bertz CT molecular complexity index is 651. The molecule has 2 rings (SSSR count). The van der Waals surface area contributed by atoms with Crippen LogP contribution >= 0.6 is 11.3 Å². The monoisotopic (exact) mass is 381 g/mol. The van der Waals surface area contributed by atoms with Crippen LogP contribution in [0.3, 0.4) is 0 Å². The Kier molecular flexibility index (Phi) is 7.14. The lowest BCUT2D eigenvalue weighted by Gasteiger charge is -2.30. The van der Waals surface area contributed by atoms with Crippen molar-refractivity contribution in [3.05, 3.63) is 22.4 Å². The largest absolute Gasteiger partial charge is 0.455 e. The molecule has 1 aliphatic rings. The highest BCUT2D eigenvalue weighted by atomic mass is 32.1. The number of rotatable bonds is 6. The van der Waals surface area contributed by atoms with Crippen molar-refractivity contribution in [2.75, 3.05) is 40.3 Å². The molecule has 0 unspecified atom stereocenters. The predicted octanol–water partition coefficient (Wildman–Crippen LogP) is 0.348. The van der Waals surface area contributed by atoms with E-state index in [-0.39, 0.29) is 24.3 Å². The highest BCUT2D eigenvalue weighted by Crippen LogP contribution is 2.21. The van der Waals surface area contributed by atoms with Crippen LogP contribution in [0, 0.1) is 5.92 Å². The molecular formula is C17H23N3O5S.